The number of aromatic nitrogens is 2. The molecule has 0 bridgehead atoms. The smallest absolute Gasteiger partial charge is 0.134 e. The van der Waals surface area contributed by atoms with Gasteiger partial charge in [0.15, 0.2) is 0 Å². The van der Waals surface area contributed by atoms with Crippen molar-refractivity contribution in [3.05, 3.63) is 12.4 Å². The van der Waals surface area contributed by atoms with Gasteiger partial charge in [0.25, 0.3) is 0 Å². The predicted molar refractivity (Wildman–Crippen MR) is 73.5 cm³/mol. The summed E-state index contributed by atoms with van der Waals surface area (Å²) < 4.78 is 0. The van der Waals surface area contributed by atoms with Crippen molar-refractivity contribution in [1.82, 2.24) is 9.97 Å². The van der Waals surface area contributed by atoms with Crippen molar-refractivity contribution in [1.29, 1.82) is 5.26 Å². The zero-order valence-electron chi connectivity index (χ0n) is 11.3. The van der Waals surface area contributed by atoms with E-state index in [-0.39, 0.29) is 0 Å². The lowest BCUT2D eigenvalue weighted by Gasteiger charge is -2.24. The van der Waals surface area contributed by atoms with Crippen molar-refractivity contribution in [3.63, 3.8) is 0 Å². The minimum absolute atomic E-state index is 0.507. The van der Waals surface area contributed by atoms with E-state index in [0.29, 0.717) is 18.9 Å². The Balaban J connectivity index is 2.82. The maximum Gasteiger partial charge on any atom is 0.134 e. The fraction of sp³-hybridized carbons (Fsp3) is 0.615. The van der Waals surface area contributed by atoms with Gasteiger partial charge in [0.05, 0.1) is 12.5 Å². The summed E-state index contributed by atoms with van der Waals surface area (Å²) in [5.41, 5.74) is 0. The summed E-state index contributed by atoms with van der Waals surface area (Å²) >= 11 is 0. The molecular weight excluding hydrogens is 226 g/mol. The molecule has 0 spiro atoms. The highest BCUT2D eigenvalue weighted by Crippen LogP contribution is 2.15. The number of nitrogens with one attached hydrogen (secondary N) is 1. The van der Waals surface area contributed by atoms with Crippen LogP contribution in [-0.2, 0) is 0 Å². The molecule has 1 N–H and O–H groups in total. The van der Waals surface area contributed by atoms with Crippen LogP contribution in [-0.4, -0.2) is 29.6 Å². The zero-order valence-corrected chi connectivity index (χ0v) is 11.3. The molecule has 0 unspecified atom stereocenters. The van der Waals surface area contributed by atoms with E-state index in [1.807, 2.05) is 13.0 Å². The molecule has 1 aromatic rings. The van der Waals surface area contributed by atoms with Crippen LogP contribution in [0.2, 0.25) is 0 Å². The summed E-state index contributed by atoms with van der Waals surface area (Å²) in [5.74, 6) is 2.24. The molecule has 0 amide bonds. The van der Waals surface area contributed by atoms with Crippen LogP contribution in [0, 0.1) is 17.2 Å². The maximum atomic E-state index is 8.71. The molecule has 0 aliphatic carbocycles. The van der Waals surface area contributed by atoms with Gasteiger partial charge in [-0.25, -0.2) is 9.97 Å². The highest BCUT2D eigenvalue weighted by molar-refractivity contribution is 5.48. The van der Waals surface area contributed by atoms with Gasteiger partial charge >= 0.3 is 0 Å². The van der Waals surface area contributed by atoms with Crippen molar-refractivity contribution in [2.24, 2.45) is 5.92 Å². The second-order valence-electron chi connectivity index (χ2n) is 4.54. The molecule has 1 aromatic heterocycles. The number of anilines is 2. The van der Waals surface area contributed by atoms with Crippen molar-refractivity contribution in [3.8, 4) is 6.07 Å². The standard InChI is InChI=1S/C13H21N5/c1-4-15-12-8-13(17-10-16-12)18(7-5-6-14)9-11(2)3/h8,10-11H,4-5,7,9H2,1-3H3,(H,15,16,17). The lowest BCUT2D eigenvalue weighted by Crippen LogP contribution is -2.29. The SMILES string of the molecule is CCNc1cc(N(CCC#N)CC(C)C)ncn1. The first-order valence-electron chi connectivity index (χ1n) is 6.35. The molecule has 18 heavy (non-hydrogen) atoms. The summed E-state index contributed by atoms with van der Waals surface area (Å²) in [6, 6.07) is 4.11. The number of nitrogens with zero attached hydrogens (tertiary/aromatic N) is 4. The van der Waals surface area contributed by atoms with Gasteiger partial charge in [-0.3, -0.25) is 0 Å². The Labute approximate surface area is 109 Å². The van der Waals surface area contributed by atoms with E-state index in [1.54, 1.807) is 6.33 Å². The monoisotopic (exact) mass is 247 g/mol. The van der Waals surface area contributed by atoms with E-state index < -0.39 is 0 Å². The van der Waals surface area contributed by atoms with Gasteiger partial charge in [0.1, 0.15) is 18.0 Å². The van der Waals surface area contributed by atoms with Crippen LogP contribution < -0.4 is 10.2 Å². The summed E-state index contributed by atoms with van der Waals surface area (Å²) in [6.45, 7) is 8.78. The van der Waals surface area contributed by atoms with E-state index in [0.717, 1.165) is 24.7 Å². The van der Waals surface area contributed by atoms with Crippen LogP contribution in [0.25, 0.3) is 0 Å². The molecule has 1 rings (SSSR count). The highest BCUT2D eigenvalue weighted by atomic mass is 15.2. The molecule has 0 aliphatic heterocycles. The average molecular weight is 247 g/mol. The average Bonchev–Trinajstić information content (AvgIpc) is 2.35. The number of hydrogen-bond donors (Lipinski definition) is 1. The molecule has 0 aliphatic rings. The van der Waals surface area contributed by atoms with Crippen LogP contribution in [0.4, 0.5) is 11.6 Å². The van der Waals surface area contributed by atoms with Crippen molar-refractivity contribution >= 4 is 11.6 Å². The Hall–Kier alpha value is -1.83. The Morgan fingerprint density at radius 3 is 2.83 bits per heavy atom. The molecule has 5 nitrogen and oxygen atoms in total. The molecule has 0 aromatic carbocycles. The summed E-state index contributed by atoms with van der Waals surface area (Å²) in [6.07, 6.45) is 2.07. The molecule has 98 valence electrons. The van der Waals surface area contributed by atoms with Crippen molar-refractivity contribution in [2.45, 2.75) is 27.2 Å². The fourth-order valence-electron chi connectivity index (χ4n) is 1.72. The van der Waals surface area contributed by atoms with Gasteiger partial charge in [-0.05, 0) is 12.8 Å². The molecule has 5 heteroatoms. The first-order valence-corrected chi connectivity index (χ1v) is 6.35. The molecule has 0 radical (unpaired) electrons. The fourth-order valence-corrected chi connectivity index (χ4v) is 1.72. The van der Waals surface area contributed by atoms with E-state index in [1.165, 1.54) is 0 Å². The van der Waals surface area contributed by atoms with E-state index >= 15 is 0 Å². The van der Waals surface area contributed by atoms with Crippen LogP contribution in [0.5, 0.6) is 0 Å². The van der Waals surface area contributed by atoms with Crippen LogP contribution in [0.1, 0.15) is 27.2 Å². The van der Waals surface area contributed by atoms with Gasteiger partial charge in [0, 0.05) is 25.7 Å². The predicted octanol–water partition coefficient (Wildman–Crippen LogP) is 2.28. The van der Waals surface area contributed by atoms with Crippen molar-refractivity contribution < 1.29 is 0 Å². The summed E-state index contributed by atoms with van der Waals surface area (Å²) in [7, 11) is 0. The second-order valence-corrected chi connectivity index (χ2v) is 4.54. The van der Waals surface area contributed by atoms with Crippen LogP contribution in [0.15, 0.2) is 12.4 Å². The van der Waals surface area contributed by atoms with Crippen LogP contribution in [0.3, 0.4) is 0 Å². The first-order chi connectivity index (χ1) is 8.67. The number of nitriles is 1. The third kappa shape index (κ3) is 4.58. The summed E-state index contributed by atoms with van der Waals surface area (Å²) in [5, 5.41) is 11.9. The van der Waals surface area contributed by atoms with Crippen LogP contribution >= 0.6 is 0 Å². The topological polar surface area (TPSA) is 64.8 Å². The number of hydrogen-bond acceptors (Lipinski definition) is 5. The molecule has 0 fully saturated rings. The minimum Gasteiger partial charge on any atom is -0.370 e. The first kappa shape index (κ1) is 14.2. The van der Waals surface area contributed by atoms with Gasteiger partial charge < -0.3 is 10.2 Å². The van der Waals surface area contributed by atoms with Gasteiger partial charge in [-0.15, -0.1) is 0 Å². The zero-order chi connectivity index (χ0) is 13.4. The van der Waals surface area contributed by atoms with E-state index in [4.69, 9.17) is 5.26 Å². The highest BCUT2D eigenvalue weighted by Gasteiger charge is 2.10. The molecule has 0 saturated heterocycles. The summed E-state index contributed by atoms with van der Waals surface area (Å²) in [4.78, 5) is 10.6. The normalized spacial score (nSPS) is 10.2. The molecule has 0 saturated carbocycles. The van der Waals surface area contributed by atoms with E-state index in [9.17, 15) is 0 Å². The third-order valence-electron chi connectivity index (χ3n) is 2.41. The Morgan fingerprint density at radius 2 is 2.22 bits per heavy atom. The second kappa shape index (κ2) is 7.49. The Morgan fingerprint density at radius 1 is 1.44 bits per heavy atom. The molecule has 0 atom stereocenters. The van der Waals surface area contributed by atoms with Gasteiger partial charge in [-0.2, -0.15) is 5.26 Å². The lowest BCUT2D eigenvalue weighted by atomic mass is 10.2. The molecule has 1 heterocycles. The van der Waals surface area contributed by atoms with Gasteiger partial charge in [0.2, 0.25) is 0 Å². The quantitative estimate of drug-likeness (QED) is 0.800. The van der Waals surface area contributed by atoms with E-state index in [2.05, 4.69) is 40.1 Å². The third-order valence-corrected chi connectivity index (χ3v) is 2.41. The van der Waals surface area contributed by atoms with Gasteiger partial charge in [-0.1, -0.05) is 13.8 Å². The number of rotatable bonds is 7. The Bertz CT molecular complexity index is 397. The lowest BCUT2D eigenvalue weighted by molar-refractivity contribution is 0.607. The van der Waals surface area contributed by atoms with Crippen molar-refractivity contribution in [2.75, 3.05) is 29.9 Å². The largest absolute Gasteiger partial charge is 0.370 e. The Kier molecular flexibility index (Phi) is 5.92. The minimum atomic E-state index is 0.507. The molecular formula is C13H21N5. The maximum absolute atomic E-state index is 8.71.